The molecule has 5 heteroatoms. The molecule has 0 unspecified atom stereocenters. The first-order valence-electron chi connectivity index (χ1n) is 2.87. The number of hydrogen-bond donors (Lipinski definition) is 2. The Morgan fingerprint density at radius 2 is 2.40 bits per heavy atom. The second kappa shape index (κ2) is 5.68. The molecule has 10 heavy (non-hydrogen) atoms. The number of carbonyl (C=O) groups excluding carboxylic acids is 1. The fourth-order valence-electron chi connectivity index (χ4n) is 0.450. The van der Waals surface area contributed by atoms with Gasteiger partial charge in [0.15, 0.2) is 0 Å². The van der Waals surface area contributed by atoms with E-state index in [1.807, 2.05) is 0 Å². The van der Waals surface area contributed by atoms with Gasteiger partial charge in [0.05, 0.1) is 0 Å². The van der Waals surface area contributed by atoms with Gasteiger partial charge in [-0.1, -0.05) is 0 Å². The van der Waals surface area contributed by atoms with Crippen molar-refractivity contribution in [2.45, 2.75) is 23.6 Å². The Kier molecular flexibility index (Phi) is 5.62. The Morgan fingerprint density at radius 3 is 2.80 bits per heavy atom. The zero-order valence-electron chi connectivity index (χ0n) is 5.87. The monoisotopic (exact) mass is 212 g/mol. The minimum atomic E-state index is -0.535. The average molecular weight is 211 g/mol. The van der Waals surface area contributed by atoms with Gasteiger partial charge in [0.2, 0.25) is 0 Å². The molecule has 0 amide bonds. The molecule has 0 saturated heterocycles. The molecule has 0 rings (SSSR count). The van der Waals surface area contributed by atoms with Crippen molar-refractivity contribution >= 4 is 20.9 Å². The Morgan fingerprint density at radius 1 is 1.80 bits per heavy atom. The fraction of sp³-hybridized carbons (Fsp3) is 0.800. The van der Waals surface area contributed by atoms with E-state index in [1.165, 1.54) is 0 Å². The summed E-state index contributed by atoms with van der Waals surface area (Å²) in [7, 11) is 0. The van der Waals surface area contributed by atoms with Crippen molar-refractivity contribution < 1.29 is 9.63 Å². The molecule has 0 fully saturated rings. The van der Waals surface area contributed by atoms with Crippen LogP contribution in [0.5, 0.6) is 0 Å². The summed E-state index contributed by atoms with van der Waals surface area (Å²) in [5.41, 5.74) is 5.37. The van der Waals surface area contributed by atoms with Gasteiger partial charge in [0.25, 0.3) is 0 Å². The Hall–Kier alpha value is -0.0905. The fourth-order valence-corrected chi connectivity index (χ4v) is 1.48. The van der Waals surface area contributed by atoms with E-state index in [0.29, 0.717) is 21.4 Å². The van der Waals surface area contributed by atoms with Crippen LogP contribution in [-0.2, 0) is 9.63 Å². The van der Waals surface area contributed by atoms with Crippen LogP contribution in [0.1, 0.15) is 6.42 Å². The number of carbonyl (C=O) groups is 1. The summed E-state index contributed by atoms with van der Waals surface area (Å²) in [5.74, 6) is 6.19. The normalized spacial score (nSPS) is 12.7. The summed E-state index contributed by atoms with van der Waals surface area (Å²) in [6.45, 7) is 0. The Labute approximate surface area is 66.4 Å². The Bertz CT molecular complexity index is 110. The summed E-state index contributed by atoms with van der Waals surface area (Å²) in [6.07, 6.45) is 0.673. The molecule has 0 aliphatic rings. The van der Waals surface area contributed by atoms with Crippen LogP contribution in [-0.4, -0.2) is 27.0 Å². The van der Waals surface area contributed by atoms with Crippen molar-refractivity contribution in [1.29, 1.82) is 0 Å². The molecule has 0 aliphatic carbocycles. The molecular formula is C5H12N2O2Se. The maximum absolute atomic E-state index is 10.6. The minimum absolute atomic E-state index is 0.524. The SMILES string of the molecule is C[Se]CC[C@H](N)C(=O)ON. The van der Waals surface area contributed by atoms with Gasteiger partial charge in [-0.2, -0.15) is 0 Å². The Balaban J connectivity index is 3.41. The van der Waals surface area contributed by atoms with Crippen LogP contribution in [0.25, 0.3) is 0 Å². The van der Waals surface area contributed by atoms with Gasteiger partial charge in [-0.05, 0) is 0 Å². The second-order valence-corrected chi connectivity index (χ2v) is 3.89. The molecule has 0 heterocycles. The third kappa shape index (κ3) is 3.85. The van der Waals surface area contributed by atoms with E-state index < -0.39 is 12.0 Å². The van der Waals surface area contributed by atoms with Crippen LogP contribution in [0.4, 0.5) is 0 Å². The molecule has 0 aromatic carbocycles. The van der Waals surface area contributed by atoms with Crippen LogP contribution in [0.2, 0.25) is 11.1 Å². The molecule has 0 aromatic rings. The molecule has 0 aliphatic heterocycles. The van der Waals surface area contributed by atoms with E-state index in [9.17, 15) is 4.79 Å². The third-order valence-corrected chi connectivity index (χ3v) is 2.40. The van der Waals surface area contributed by atoms with Gasteiger partial charge in [-0.15, -0.1) is 0 Å². The first-order valence-corrected chi connectivity index (χ1v) is 5.80. The summed E-state index contributed by atoms with van der Waals surface area (Å²) >= 11 is 0.562. The molecule has 0 spiro atoms. The van der Waals surface area contributed by atoms with E-state index in [0.717, 1.165) is 5.32 Å². The zero-order chi connectivity index (χ0) is 7.98. The number of rotatable bonds is 4. The van der Waals surface area contributed by atoms with Gasteiger partial charge in [-0.3, -0.25) is 0 Å². The van der Waals surface area contributed by atoms with Crippen molar-refractivity contribution in [2.75, 3.05) is 0 Å². The van der Waals surface area contributed by atoms with E-state index in [4.69, 9.17) is 5.73 Å². The predicted octanol–water partition coefficient (Wildman–Crippen LogP) is -0.709. The quantitative estimate of drug-likeness (QED) is 0.475. The van der Waals surface area contributed by atoms with Crippen molar-refractivity contribution in [3.8, 4) is 0 Å². The standard InChI is InChI=1S/C5H12N2O2Se/c1-10-3-2-4(6)5(8)9-7/h4H,2-3,6-7H2,1H3/t4-/m0/s1. The molecule has 0 aromatic heterocycles. The zero-order valence-corrected chi connectivity index (χ0v) is 7.58. The van der Waals surface area contributed by atoms with Crippen molar-refractivity contribution in [2.24, 2.45) is 11.6 Å². The van der Waals surface area contributed by atoms with E-state index in [2.05, 4.69) is 16.6 Å². The molecule has 0 saturated carbocycles. The van der Waals surface area contributed by atoms with Crippen LogP contribution >= 0.6 is 0 Å². The average Bonchev–Trinajstić information content (AvgIpc) is 1.98. The van der Waals surface area contributed by atoms with Gasteiger partial charge < -0.3 is 0 Å². The van der Waals surface area contributed by atoms with Crippen molar-refractivity contribution in [1.82, 2.24) is 0 Å². The molecule has 0 bridgehead atoms. The van der Waals surface area contributed by atoms with Gasteiger partial charge in [0, 0.05) is 0 Å². The topological polar surface area (TPSA) is 78.3 Å². The van der Waals surface area contributed by atoms with Gasteiger partial charge >= 0.3 is 65.8 Å². The summed E-state index contributed by atoms with van der Waals surface area (Å²) in [6, 6.07) is -0.535. The second-order valence-electron chi connectivity index (χ2n) is 1.82. The van der Waals surface area contributed by atoms with E-state index in [-0.39, 0.29) is 0 Å². The first-order chi connectivity index (χ1) is 4.72. The number of nitrogens with two attached hydrogens (primary N) is 2. The molecule has 1 atom stereocenters. The van der Waals surface area contributed by atoms with Crippen LogP contribution in [0, 0.1) is 0 Å². The van der Waals surface area contributed by atoms with E-state index >= 15 is 0 Å². The van der Waals surface area contributed by atoms with E-state index in [1.54, 1.807) is 0 Å². The third-order valence-electron chi connectivity index (χ3n) is 1.05. The molecule has 4 N–H and O–H groups in total. The first kappa shape index (κ1) is 9.91. The summed E-state index contributed by atoms with van der Waals surface area (Å²) in [4.78, 5) is 14.5. The van der Waals surface area contributed by atoms with Crippen molar-refractivity contribution in [3.05, 3.63) is 0 Å². The van der Waals surface area contributed by atoms with Gasteiger partial charge in [0.1, 0.15) is 0 Å². The van der Waals surface area contributed by atoms with Crippen molar-refractivity contribution in [3.63, 3.8) is 0 Å². The number of hydrogen-bond acceptors (Lipinski definition) is 4. The van der Waals surface area contributed by atoms with Crippen LogP contribution < -0.4 is 11.6 Å². The molecule has 4 nitrogen and oxygen atoms in total. The predicted molar refractivity (Wildman–Crippen MR) is 39.3 cm³/mol. The van der Waals surface area contributed by atoms with Crippen LogP contribution in [0.3, 0.4) is 0 Å². The maximum atomic E-state index is 10.6. The van der Waals surface area contributed by atoms with Crippen LogP contribution in [0.15, 0.2) is 0 Å². The van der Waals surface area contributed by atoms with Gasteiger partial charge in [-0.25, -0.2) is 0 Å². The summed E-state index contributed by atoms with van der Waals surface area (Å²) < 4.78 is 0. The molecular weight excluding hydrogens is 199 g/mol. The summed E-state index contributed by atoms with van der Waals surface area (Å²) in [5, 5.41) is 0.989. The molecule has 60 valence electrons. The molecule has 0 radical (unpaired) electrons.